The molecule has 1 aromatic heterocycles. The average molecular weight is 498 g/mol. The van der Waals surface area contributed by atoms with Crippen molar-refractivity contribution in [1.29, 1.82) is 0 Å². The van der Waals surface area contributed by atoms with E-state index in [1.807, 2.05) is 41.5 Å². The van der Waals surface area contributed by atoms with E-state index in [0.717, 1.165) is 17.5 Å². The molecular weight excluding hydrogens is 474 g/mol. The molecule has 1 aliphatic rings. The first kappa shape index (κ1) is 23.9. The van der Waals surface area contributed by atoms with Crippen LogP contribution >= 0.6 is 22.9 Å². The van der Waals surface area contributed by atoms with Crippen molar-refractivity contribution in [3.05, 3.63) is 96.7 Å². The van der Waals surface area contributed by atoms with Crippen LogP contribution in [-0.4, -0.2) is 46.2 Å². The van der Waals surface area contributed by atoms with Crippen LogP contribution in [0.15, 0.2) is 60.0 Å². The Morgan fingerprint density at radius 1 is 1.15 bits per heavy atom. The molecule has 3 aromatic rings. The third-order valence-corrected chi connectivity index (χ3v) is 7.15. The second kappa shape index (κ2) is 10.4. The number of hydrogen-bond acceptors (Lipinski definition) is 5. The molecule has 1 unspecified atom stereocenters. The number of nitro groups is 1. The molecule has 4 rings (SSSR count). The third-order valence-electron chi connectivity index (χ3n) is 5.90. The zero-order valence-corrected chi connectivity index (χ0v) is 20.2. The highest BCUT2D eigenvalue weighted by molar-refractivity contribution is 7.10. The zero-order chi connectivity index (χ0) is 24.2. The van der Waals surface area contributed by atoms with E-state index in [-0.39, 0.29) is 30.1 Å². The van der Waals surface area contributed by atoms with Crippen molar-refractivity contribution in [1.82, 2.24) is 9.80 Å². The first-order valence-electron chi connectivity index (χ1n) is 11.0. The quantitative estimate of drug-likeness (QED) is 0.326. The van der Waals surface area contributed by atoms with Gasteiger partial charge in [-0.05, 0) is 59.7 Å². The minimum Gasteiger partial charge on any atom is -0.330 e. The fraction of sp³-hybridized carbons (Fsp3) is 0.280. The second-order valence-electron chi connectivity index (χ2n) is 8.12. The lowest BCUT2D eigenvalue weighted by molar-refractivity contribution is -0.384. The van der Waals surface area contributed by atoms with Crippen molar-refractivity contribution >= 4 is 40.4 Å². The minimum absolute atomic E-state index is 0.0623. The first-order valence-corrected chi connectivity index (χ1v) is 12.3. The van der Waals surface area contributed by atoms with Gasteiger partial charge in [0, 0.05) is 40.7 Å². The summed E-state index contributed by atoms with van der Waals surface area (Å²) in [5.74, 6) is -0.457. The highest BCUT2D eigenvalue weighted by atomic mass is 35.5. The summed E-state index contributed by atoms with van der Waals surface area (Å²) in [4.78, 5) is 41.8. The van der Waals surface area contributed by atoms with Crippen LogP contribution in [-0.2, 0) is 11.2 Å². The van der Waals surface area contributed by atoms with Crippen LogP contribution in [0.3, 0.4) is 0 Å². The van der Waals surface area contributed by atoms with Gasteiger partial charge in [-0.2, -0.15) is 0 Å². The molecule has 0 aliphatic carbocycles. The van der Waals surface area contributed by atoms with Gasteiger partial charge < -0.3 is 9.80 Å². The van der Waals surface area contributed by atoms with Gasteiger partial charge in [-0.25, -0.2) is 0 Å². The molecule has 176 valence electrons. The van der Waals surface area contributed by atoms with Crippen molar-refractivity contribution in [2.75, 3.05) is 19.6 Å². The largest absolute Gasteiger partial charge is 0.330 e. The Labute approximate surface area is 206 Å². The van der Waals surface area contributed by atoms with Gasteiger partial charge >= 0.3 is 0 Å². The monoisotopic (exact) mass is 497 g/mol. The summed E-state index contributed by atoms with van der Waals surface area (Å²) in [7, 11) is 0. The lowest BCUT2D eigenvalue weighted by Gasteiger charge is -2.37. The van der Waals surface area contributed by atoms with Gasteiger partial charge in [-0.1, -0.05) is 30.7 Å². The molecule has 1 atom stereocenters. The Kier molecular flexibility index (Phi) is 7.29. The number of rotatable bonds is 7. The Morgan fingerprint density at radius 2 is 1.85 bits per heavy atom. The number of halogens is 1. The molecule has 0 fully saturated rings. The maximum Gasteiger partial charge on any atom is 0.269 e. The number of non-ortho nitro benzene ring substituents is 1. The molecule has 9 heteroatoms. The standard InChI is InChI=1S/C25H24ClN3O4S/c1-2-13-27(25(31)18-5-9-20(10-6-18)29(32)33)16-23(30)28-14-11-22-21(12-15-34-22)24(28)17-3-7-19(26)8-4-17/h3-10,12,15,24H,2,11,13-14,16H2,1H3. The molecule has 2 amide bonds. The summed E-state index contributed by atoms with van der Waals surface area (Å²) in [6, 6.07) is 14.8. The maximum absolute atomic E-state index is 13.6. The molecule has 0 bridgehead atoms. The number of nitro benzene ring substituents is 1. The predicted octanol–water partition coefficient (Wildman–Crippen LogP) is 5.34. The smallest absolute Gasteiger partial charge is 0.269 e. The summed E-state index contributed by atoms with van der Waals surface area (Å²) >= 11 is 7.78. The van der Waals surface area contributed by atoms with E-state index < -0.39 is 4.92 Å². The molecule has 0 spiro atoms. The number of amides is 2. The van der Waals surface area contributed by atoms with Gasteiger partial charge in [0.15, 0.2) is 0 Å². The predicted molar refractivity (Wildman–Crippen MR) is 132 cm³/mol. The van der Waals surface area contributed by atoms with Gasteiger partial charge in [0.25, 0.3) is 11.6 Å². The summed E-state index contributed by atoms with van der Waals surface area (Å²) in [5, 5.41) is 13.6. The number of fused-ring (bicyclic) bond motifs is 1. The summed E-state index contributed by atoms with van der Waals surface area (Å²) in [6.45, 7) is 2.85. The van der Waals surface area contributed by atoms with Crippen LogP contribution in [0.5, 0.6) is 0 Å². The Bertz CT molecular complexity index is 1190. The topological polar surface area (TPSA) is 83.8 Å². The molecule has 34 heavy (non-hydrogen) atoms. The molecule has 0 N–H and O–H groups in total. The van der Waals surface area contributed by atoms with Crippen LogP contribution in [0.4, 0.5) is 5.69 Å². The molecule has 2 aromatic carbocycles. The van der Waals surface area contributed by atoms with Crippen molar-refractivity contribution in [3.63, 3.8) is 0 Å². The minimum atomic E-state index is -0.506. The Balaban J connectivity index is 1.58. The normalized spacial score (nSPS) is 15.0. The summed E-state index contributed by atoms with van der Waals surface area (Å²) < 4.78 is 0. The van der Waals surface area contributed by atoms with E-state index in [1.165, 1.54) is 34.0 Å². The number of nitrogens with zero attached hydrogens (tertiary/aromatic N) is 3. The van der Waals surface area contributed by atoms with E-state index in [9.17, 15) is 19.7 Å². The molecule has 0 saturated carbocycles. The van der Waals surface area contributed by atoms with Crippen molar-refractivity contribution in [3.8, 4) is 0 Å². The lowest BCUT2D eigenvalue weighted by atomic mass is 9.93. The second-order valence-corrected chi connectivity index (χ2v) is 9.56. The number of carbonyl (C=O) groups excluding carboxylic acids is 2. The van der Waals surface area contributed by atoms with E-state index in [0.29, 0.717) is 30.1 Å². The number of hydrogen-bond donors (Lipinski definition) is 0. The van der Waals surface area contributed by atoms with Gasteiger partial charge in [0.1, 0.15) is 6.54 Å². The molecule has 7 nitrogen and oxygen atoms in total. The van der Waals surface area contributed by atoms with Gasteiger partial charge in [0.2, 0.25) is 5.91 Å². The highest BCUT2D eigenvalue weighted by Gasteiger charge is 2.34. The Hall–Kier alpha value is -3.23. The van der Waals surface area contributed by atoms with Crippen molar-refractivity contribution < 1.29 is 14.5 Å². The van der Waals surface area contributed by atoms with Crippen LogP contribution in [0, 0.1) is 10.1 Å². The molecule has 1 aliphatic heterocycles. The van der Waals surface area contributed by atoms with E-state index in [2.05, 4.69) is 6.07 Å². The third kappa shape index (κ3) is 4.98. The summed E-state index contributed by atoms with van der Waals surface area (Å²) in [5.41, 5.74) is 2.32. The lowest BCUT2D eigenvalue weighted by Crippen LogP contribution is -2.47. The number of thiophene rings is 1. The van der Waals surface area contributed by atoms with E-state index in [4.69, 9.17) is 11.6 Å². The Morgan fingerprint density at radius 3 is 2.50 bits per heavy atom. The van der Waals surface area contributed by atoms with Gasteiger partial charge in [-0.15, -0.1) is 11.3 Å². The molecular formula is C25H24ClN3O4S. The van der Waals surface area contributed by atoms with Crippen LogP contribution in [0.1, 0.15) is 45.7 Å². The number of carbonyl (C=O) groups is 2. The van der Waals surface area contributed by atoms with E-state index in [1.54, 1.807) is 11.3 Å². The van der Waals surface area contributed by atoms with Crippen molar-refractivity contribution in [2.24, 2.45) is 0 Å². The van der Waals surface area contributed by atoms with Gasteiger partial charge in [-0.3, -0.25) is 19.7 Å². The molecule has 0 radical (unpaired) electrons. The molecule has 2 heterocycles. The van der Waals surface area contributed by atoms with Crippen LogP contribution in [0.2, 0.25) is 5.02 Å². The number of benzene rings is 2. The average Bonchev–Trinajstić information content (AvgIpc) is 3.32. The maximum atomic E-state index is 13.6. The van der Waals surface area contributed by atoms with Crippen LogP contribution < -0.4 is 0 Å². The molecule has 0 saturated heterocycles. The van der Waals surface area contributed by atoms with E-state index >= 15 is 0 Å². The van der Waals surface area contributed by atoms with Crippen molar-refractivity contribution in [2.45, 2.75) is 25.8 Å². The van der Waals surface area contributed by atoms with Gasteiger partial charge in [0.05, 0.1) is 11.0 Å². The summed E-state index contributed by atoms with van der Waals surface area (Å²) in [6.07, 6.45) is 1.45. The zero-order valence-electron chi connectivity index (χ0n) is 18.6. The van der Waals surface area contributed by atoms with Crippen LogP contribution in [0.25, 0.3) is 0 Å². The fourth-order valence-electron chi connectivity index (χ4n) is 4.27. The highest BCUT2D eigenvalue weighted by Crippen LogP contribution is 2.38. The fourth-order valence-corrected chi connectivity index (χ4v) is 5.30. The SMILES string of the molecule is CCCN(CC(=O)N1CCc2sccc2C1c1ccc(Cl)cc1)C(=O)c1ccc([N+](=O)[O-])cc1. The first-order chi connectivity index (χ1) is 16.4.